The van der Waals surface area contributed by atoms with Crippen molar-refractivity contribution in [3.8, 4) is 5.75 Å². The Labute approximate surface area is 296 Å². The lowest BCUT2D eigenvalue weighted by Gasteiger charge is -2.46. The van der Waals surface area contributed by atoms with Crippen molar-refractivity contribution in [1.82, 2.24) is 9.62 Å². The second-order valence-corrected chi connectivity index (χ2v) is 16.9. The molecule has 2 aliphatic carbocycles. The van der Waals surface area contributed by atoms with Crippen molar-refractivity contribution in [2.45, 2.75) is 73.9 Å². The van der Waals surface area contributed by atoms with E-state index in [0.29, 0.717) is 36.2 Å². The highest BCUT2D eigenvalue weighted by molar-refractivity contribution is 7.90. The van der Waals surface area contributed by atoms with Crippen LogP contribution in [-0.2, 0) is 40.9 Å². The Morgan fingerprint density at radius 3 is 2.66 bits per heavy atom. The summed E-state index contributed by atoms with van der Waals surface area (Å²) in [4.78, 5) is 29.2. The summed E-state index contributed by atoms with van der Waals surface area (Å²) in [5.41, 5.74) is 1.04. The molecule has 4 atom stereocenters. The summed E-state index contributed by atoms with van der Waals surface area (Å²) >= 11 is 6.41. The van der Waals surface area contributed by atoms with Crippen molar-refractivity contribution < 1.29 is 41.0 Å². The van der Waals surface area contributed by atoms with E-state index in [9.17, 15) is 26.8 Å². The molecule has 270 valence electrons. The van der Waals surface area contributed by atoms with Gasteiger partial charge in [-0.25, -0.2) is 21.9 Å². The monoisotopic (exact) mass is 733 g/mol. The van der Waals surface area contributed by atoms with Gasteiger partial charge in [-0.05, 0) is 99.2 Å². The molecule has 14 heteroatoms. The molecule has 50 heavy (non-hydrogen) atoms. The number of fused-ring (bicyclic) bond motifs is 4. The van der Waals surface area contributed by atoms with Crippen LogP contribution in [0.4, 0.5) is 14.5 Å². The quantitative estimate of drug-likeness (QED) is 0.445. The van der Waals surface area contributed by atoms with E-state index in [2.05, 4.69) is 15.7 Å². The number of alkyl halides is 2. The van der Waals surface area contributed by atoms with E-state index in [4.69, 9.17) is 25.8 Å². The van der Waals surface area contributed by atoms with Gasteiger partial charge in [0.2, 0.25) is 5.91 Å². The number of hydrogen-bond acceptors (Lipinski definition) is 8. The summed E-state index contributed by atoms with van der Waals surface area (Å²) in [5, 5.41) is 0.673. The van der Waals surface area contributed by atoms with Crippen molar-refractivity contribution in [1.29, 1.82) is 0 Å². The number of hydrogen-bond donors (Lipinski definition) is 1. The standard InChI is InChI=1S/C36H42ClF2N3O7S/c1-34(2)33(44)40-50(45,46)26-9-12-31-29(16-26)41(19-35(22-48-31)13-3-5-23-15-25(37)8-11-28(23)35)17-24-7-10-27(24)30(6-4-14-49-34)47-18-32(43)42-20-36(38,39)21-42/h4,6,8-9,11-12,15-16,24,27,30H,3,5,7,10,13-14,17-22H2,1-2H3,(H,40,44)/b6-4+/t24-,27+,30-,35-/m0/s1. The van der Waals surface area contributed by atoms with Crippen LogP contribution >= 0.6 is 11.6 Å². The fraction of sp³-hybridized carbons (Fsp3) is 0.556. The molecule has 7 rings (SSSR count). The zero-order valence-electron chi connectivity index (χ0n) is 28.1. The minimum Gasteiger partial charge on any atom is -0.490 e. The maximum Gasteiger partial charge on any atom is 0.282 e. The summed E-state index contributed by atoms with van der Waals surface area (Å²) in [6.07, 6.45) is 7.35. The molecule has 5 aliphatic rings. The van der Waals surface area contributed by atoms with Gasteiger partial charge in [0, 0.05) is 23.5 Å². The lowest BCUT2D eigenvalue weighted by atomic mass is 9.68. The largest absolute Gasteiger partial charge is 0.490 e. The highest BCUT2D eigenvalue weighted by Gasteiger charge is 2.47. The molecule has 0 radical (unpaired) electrons. The normalized spacial score (nSPS) is 30.3. The van der Waals surface area contributed by atoms with Crippen LogP contribution in [0.5, 0.6) is 5.75 Å². The van der Waals surface area contributed by atoms with Gasteiger partial charge in [0.1, 0.15) is 18.0 Å². The number of likely N-dealkylation sites (tertiary alicyclic amines) is 1. The first-order valence-electron chi connectivity index (χ1n) is 17.1. The molecule has 2 aromatic rings. The first-order chi connectivity index (χ1) is 23.6. The molecule has 3 aliphatic heterocycles. The van der Waals surface area contributed by atoms with Gasteiger partial charge >= 0.3 is 0 Å². The van der Waals surface area contributed by atoms with Gasteiger partial charge in [-0.1, -0.05) is 29.8 Å². The molecular weight excluding hydrogens is 692 g/mol. The number of carbonyl (C=O) groups is 2. The zero-order chi connectivity index (χ0) is 35.5. The topological polar surface area (TPSA) is 114 Å². The van der Waals surface area contributed by atoms with Crippen molar-refractivity contribution in [2.24, 2.45) is 11.8 Å². The molecule has 0 aromatic heterocycles. The average Bonchev–Trinajstić information content (AvgIpc) is 3.18. The lowest BCUT2D eigenvalue weighted by Crippen LogP contribution is -2.59. The van der Waals surface area contributed by atoms with E-state index in [1.807, 2.05) is 12.1 Å². The number of anilines is 1. The summed E-state index contributed by atoms with van der Waals surface area (Å²) in [6.45, 7) is 2.85. The number of sulfonamides is 1. The molecule has 0 unspecified atom stereocenters. The Kier molecular flexibility index (Phi) is 9.18. The second kappa shape index (κ2) is 13.1. The minimum atomic E-state index is -4.27. The molecular formula is C36H42ClF2N3O7S. The molecule has 1 saturated carbocycles. The van der Waals surface area contributed by atoms with Gasteiger partial charge in [0.25, 0.3) is 21.9 Å². The highest BCUT2D eigenvalue weighted by atomic mass is 35.5. The van der Waals surface area contributed by atoms with Crippen LogP contribution in [0.3, 0.4) is 0 Å². The van der Waals surface area contributed by atoms with Gasteiger partial charge in [0.05, 0.1) is 43.0 Å². The van der Waals surface area contributed by atoms with Crippen molar-refractivity contribution in [3.05, 3.63) is 64.7 Å². The molecule has 1 spiro atoms. The molecule has 2 amide bonds. The number of nitrogens with one attached hydrogen (secondary N) is 1. The highest BCUT2D eigenvalue weighted by Crippen LogP contribution is 2.47. The molecule has 1 N–H and O–H groups in total. The van der Waals surface area contributed by atoms with Gasteiger partial charge in [-0.15, -0.1) is 0 Å². The maximum absolute atomic E-state index is 13.6. The Bertz CT molecular complexity index is 1810. The van der Waals surface area contributed by atoms with Crippen LogP contribution in [0.1, 0.15) is 50.7 Å². The zero-order valence-corrected chi connectivity index (χ0v) is 29.7. The molecule has 1 saturated heterocycles. The van der Waals surface area contributed by atoms with Crippen LogP contribution in [0.25, 0.3) is 0 Å². The summed E-state index contributed by atoms with van der Waals surface area (Å²) in [7, 11) is -4.27. The molecule has 2 bridgehead atoms. The van der Waals surface area contributed by atoms with Crippen LogP contribution in [0, 0.1) is 11.8 Å². The number of ether oxygens (including phenoxy) is 3. The Morgan fingerprint density at radius 1 is 1.12 bits per heavy atom. The number of amides is 2. The predicted octanol–water partition coefficient (Wildman–Crippen LogP) is 4.87. The minimum absolute atomic E-state index is 0.0194. The fourth-order valence-electron chi connectivity index (χ4n) is 7.88. The summed E-state index contributed by atoms with van der Waals surface area (Å²) < 4.78 is 74.8. The summed E-state index contributed by atoms with van der Waals surface area (Å²) in [6, 6.07) is 10.7. The number of nitrogens with zero attached hydrogens (tertiary/aromatic N) is 2. The third kappa shape index (κ3) is 6.86. The third-order valence-electron chi connectivity index (χ3n) is 10.9. The predicted molar refractivity (Wildman–Crippen MR) is 182 cm³/mol. The number of carbonyl (C=O) groups excluding carboxylic acids is 2. The van der Waals surface area contributed by atoms with Gasteiger partial charge in [-0.3, -0.25) is 9.59 Å². The third-order valence-corrected chi connectivity index (χ3v) is 12.5. The van der Waals surface area contributed by atoms with Crippen molar-refractivity contribution >= 4 is 39.1 Å². The van der Waals surface area contributed by atoms with Crippen molar-refractivity contribution in [2.75, 3.05) is 50.9 Å². The smallest absolute Gasteiger partial charge is 0.282 e. The van der Waals surface area contributed by atoms with Crippen LogP contribution in [0.15, 0.2) is 53.4 Å². The Balaban J connectivity index is 1.24. The van der Waals surface area contributed by atoms with E-state index in [1.54, 1.807) is 24.3 Å². The van der Waals surface area contributed by atoms with Crippen molar-refractivity contribution in [3.63, 3.8) is 0 Å². The molecule has 3 heterocycles. The maximum atomic E-state index is 13.6. The lowest BCUT2D eigenvalue weighted by molar-refractivity contribution is -0.171. The van der Waals surface area contributed by atoms with Crippen LogP contribution in [-0.4, -0.2) is 88.8 Å². The van der Waals surface area contributed by atoms with E-state index >= 15 is 0 Å². The summed E-state index contributed by atoms with van der Waals surface area (Å²) in [5.74, 6) is -3.59. The number of rotatable bonds is 3. The van der Waals surface area contributed by atoms with Gasteiger partial charge in [-0.2, -0.15) is 0 Å². The first kappa shape index (κ1) is 35.2. The van der Waals surface area contributed by atoms with E-state index in [-0.39, 0.29) is 29.9 Å². The Hall–Kier alpha value is -3.26. The van der Waals surface area contributed by atoms with Crippen LogP contribution < -0.4 is 14.4 Å². The SMILES string of the molecule is CC1(C)OC/C=C/[C@H](OCC(=O)N2CC(F)(F)C2)[C@@H]2CC[C@H]2CN2C[C@@]3(CCCc4cc(Cl)ccc43)COc3ccc(cc32)S(=O)(=O)NC1=O. The van der Waals surface area contributed by atoms with Gasteiger partial charge in [0.15, 0.2) is 0 Å². The Morgan fingerprint density at radius 2 is 1.92 bits per heavy atom. The fourth-order valence-corrected chi connectivity index (χ4v) is 9.20. The number of benzene rings is 2. The van der Waals surface area contributed by atoms with Gasteiger partial charge < -0.3 is 24.0 Å². The number of halogens is 3. The average molecular weight is 734 g/mol. The molecule has 2 fully saturated rings. The number of aryl methyl sites for hydroxylation is 1. The molecule has 2 aromatic carbocycles. The molecule has 10 nitrogen and oxygen atoms in total. The van der Waals surface area contributed by atoms with Crippen LogP contribution in [0.2, 0.25) is 5.02 Å². The van der Waals surface area contributed by atoms with E-state index < -0.39 is 58.0 Å². The first-order valence-corrected chi connectivity index (χ1v) is 19.0. The van der Waals surface area contributed by atoms with E-state index in [1.165, 1.54) is 31.0 Å². The second-order valence-electron chi connectivity index (χ2n) is 14.8. The van der Waals surface area contributed by atoms with E-state index in [0.717, 1.165) is 37.0 Å².